The Morgan fingerprint density at radius 3 is 2.79 bits per heavy atom. The second kappa shape index (κ2) is 4.05. The molecule has 0 spiro atoms. The van der Waals surface area contributed by atoms with Crippen molar-refractivity contribution < 1.29 is 4.79 Å². The molecular formula is C11H13NOS. The monoisotopic (exact) mass is 207 g/mol. The number of fused-ring (bicyclic) bond motifs is 1. The minimum atomic E-state index is 0.128. The summed E-state index contributed by atoms with van der Waals surface area (Å²) in [6.45, 7) is 1.58. The SMILES string of the molecule is O=C(CS)N1CCc2ccccc2C1. The van der Waals surface area contributed by atoms with Gasteiger partial charge in [-0.1, -0.05) is 24.3 Å². The largest absolute Gasteiger partial charge is 0.337 e. The number of benzene rings is 1. The summed E-state index contributed by atoms with van der Waals surface area (Å²) in [5.74, 6) is 0.435. The first kappa shape index (κ1) is 9.59. The van der Waals surface area contributed by atoms with Gasteiger partial charge in [0.2, 0.25) is 5.91 Å². The first-order valence-electron chi connectivity index (χ1n) is 4.76. The van der Waals surface area contributed by atoms with Crippen LogP contribution in [-0.4, -0.2) is 23.1 Å². The molecule has 0 saturated heterocycles. The van der Waals surface area contributed by atoms with Crippen molar-refractivity contribution in [2.24, 2.45) is 0 Å². The van der Waals surface area contributed by atoms with Crippen LogP contribution in [0.1, 0.15) is 11.1 Å². The lowest BCUT2D eigenvalue weighted by Crippen LogP contribution is -2.36. The molecular weight excluding hydrogens is 194 g/mol. The van der Waals surface area contributed by atoms with Crippen molar-refractivity contribution >= 4 is 18.5 Å². The molecule has 74 valence electrons. The van der Waals surface area contributed by atoms with Crippen LogP contribution in [0.5, 0.6) is 0 Å². The van der Waals surface area contributed by atoms with Crippen molar-refractivity contribution in [2.75, 3.05) is 12.3 Å². The Balaban J connectivity index is 2.17. The van der Waals surface area contributed by atoms with Crippen LogP contribution in [0.25, 0.3) is 0 Å². The minimum Gasteiger partial charge on any atom is -0.337 e. The molecule has 1 amide bonds. The van der Waals surface area contributed by atoms with Crippen molar-refractivity contribution in [2.45, 2.75) is 13.0 Å². The van der Waals surface area contributed by atoms with E-state index in [0.717, 1.165) is 19.5 Å². The second-order valence-electron chi connectivity index (χ2n) is 3.49. The standard InChI is InChI=1S/C11H13NOS/c13-11(8-14)12-6-5-9-3-1-2-4-10(9)7-12/h1-4,14H,5-8H2. The van der Waals surface area contributed by atoms with E-state index >= 15 is 0 Å². The van der Waals surface area contributed by atoms with Crippen LogP contribution in [0.15, 0.2) is 24.3 Å². The Hall–Kier alpha value is -0.960. The highest BCUT2D eigenvalue weighted by molar-refractivity contribution is 7.81. The molecule has 0 atom stereocenters. The zero-order chi connectivity index (χ0) is 9.97. The zero-order valence-electron chi connectivity index (χ0n) is 7.94. The quantitative estimate of drug-likeness (QED) is 0.692. The Labute approximate surface area is 89.3 Å². The van der Waals surface area contributed by atoms with Crippen molar-refractivity contribution in [1.82, 2.24) is 4.90 Å². The highest BCUT2D eigenvalue weighted by Gasteiger charge is 2.18. The van der Waals surface area contributed by atoms with E-state index in [4.69, 9.17) is 0 Å². The van der Waals surface area contributed by atoms with Crippen molar-refractivity contribution in [1.29, 1.82) is 0 Å². The van der Waals surface area contributed by atoms with Crippen molar-refractivity contribution in [3.8, 4) is 0 Å². The van der Waals surface area contributed by atoms with E-state index in [1.807, 2.05) is 11.0 Å². The molecule has 1 aliphatic heterocycles. The van der Waals surface area contributed by atoms with E-state index in [2.05, 4.69) is 30.8 Å². The van der Waals surface area contributed by atoms with Crippen LogP contribution in [0.2, 0.25) is 0 Å². The predicted octanol–water partition coefficient (Wildman–Crippen LogP) is 1.50. The highest BCUT2D eigenvalue weighted by Crippen LogP contribution is 2.18. The number of thiol groups is 1. The average molecular weight is 207 g/mol. The van der Waals surface area contributed by atoms with Crippen LogP contribution >= 0.6 is 12.6 Å². The lowest BCUT2D eigenvalue weighted by molar-refractivity contribution is -0.129. The Bertz CT molecular complexity index is 351. The number of nitrogens with zero attached hydrogens (tertiary/aromatic N) is 1. The number of amides is 1. The molecule has 0 bridgehead atoms. The topological polar surface area (TPSA) is 20.3 Å². The molecule has 1 aromatic rings. The normalized spacial score (nSPS) is 15.1. The fourth-order valence-electron chi connectivity index (χ4n) is 1.81. The van der Waals surface area contributed by atoms with Gasteiger partial charge in [0, 0.05) is 13.1 Å². The van der Waals surface area contributed by atoms with Crippen molar-refractivity contribution in [3.63, 3.8) is 0 Å². The van der Waals surface area contributed by atoms with Crippen molar-refractivity contribution in [3.05, 3.63) is 35.4 Å². The number of carbonyl (C=O) groups is 1. The lowest BCUT2D eigenvalue weighted by atomic mass is 10.00. The molecule has 0 unspecified atom stereocenters. The van der Waals surface area contributed by atoms with E-state index in [0.29, 0.717) is 5.75 Å². The summed E-state index contributed by atoms with van der Waals surface area (Å²) >= 11 is 4.00. The summed E-state index contributed by atoms with van der Waals surface area (Å²) in [5.41, 5.74) is 2.64. The summed E-state index contributed by atoms with van der Waals surface area (Å²) in [6, 6.07) is 8.30. The molecule has 0 fully saturated rings. The highest BCUT2D eigenvalue weighted by atomic mass is 32.1. The van der Waals surface area contributed by atoms with Gasteiger partial charge in [-0.2, -0.15) is 12.6 Å². The van der Waals surface area contributed by atoms with Crippen LogP contribution in [0, 0.1) is 0 Å². The third-order valence-corrected chi connectivity index (χ3v) is 2.89. The van der Waals surface area contributed by atoms with E-state index in [-0.39, 0.29) is 5.91 Å². The fraction of sp³-hybridized carbons (Fsp3) is 0.364. The Morgan fingerprint density at radius 2 is 2.07 bits per heavy atom. The molecule has 1 heterocycles. The third kappa shape index (κ3) is 1.77. The summed E-state index contributed by atoms with van der Waals surface area (Å²) < 4.78 is 0. The Kier molecular flexibility index (Phi) is 2.77. The summed E-state index contributed by atoms with van der Waals surface area (Å²) in [5, 5.41) is 0. The van der Waals surface area contributed by atoms with E-state index < -0.39 is 0 Å². The molecule has 2 nitrogen and oxygen atoms in total. The third-order valence-electron chi connectivity index (χ3n) is 2.62. The molecule has 0 N–H and O–H groups in total. The molecule has 1 aliphatic rings. The maximum Gasteiger partial charge on any atom is 0.232 e. The maximum atomic E-state index is 11.4. The molecule has 0 radical (unpaired) electrons. The lowest BCUT2D eigenvalue weighted by Gasteiger charge is -2.28. The van der Waals surface area contributed by atoms with Crippen LogP contribution in [-0.2, 0) is 17.8 Å². The van der Waals surface area contributed by atoms with Gasteiger partial charge in [0.05, 0.1) is 5.75 Å². The van der Waals surface area contributed by atoms with Gasteiger partial charge in [-0.15, -0.1) is 0 Å². The zero-order valence-corrected chi connectivity index (χ0v) is 8.83. The maximum absolute atomic E-state index is 11.4. The number of rotatable bonds is 1. The smallest absolute Gasteiger partial charge is 0.232 e. The molecule has 0 aliphatic carbocycles. The van der Waals surface area contributed by atoms with Gasteiger partial charge >= 0.3 is 0 Å². The van der Waals surface area contributed by atoms with Gasteiger partial charge in [-0.25, -0.2) is 0 Å². The second-order valence-corrected chi connectivity index (χ2v) is 3.81. The Morgan fingerprint density at radius 1 is 1.36 bits per heavy atom. The van der Waals surface area contributed by atoms with Gasteiger partial charge in [0.15, 0.2) is 0 Å². The first-order valence-corrected chi connectivity index (χ1v) is 5.40. The summed E-state index contributed by atoms with van der Waals surface area (Å²) in [6.07, 6.45) is 0.968. The summed E-state index contributed by atoms with van der Waals surface area (Å²) in [7, 11) is 0. The van der Waals surface area contributed by atoms with Crippen LogP contribution in [0.4, 0.5) is 0 Å². The number of hydrogen-bond acceptors (Lipinski definition) is 2. The van der Waals surface area contributed by atoms with E-state index in [9.17, 15) is 4.79 Å². The number of carbonyl (C=O) groups excluding carboxylic acids is 1. The van der Waals surface area contributed by atoms with Gasteiger partial charge in [0.1, 0.15) is 0 Å². The van der Waals surface area contributed by atoms with Crippen LogP contribution < -0.4 is 0 Å². The first-order chi connectivity index (χ1) is 6.81. The number of hydrogen-bond donors (Lipinski definition) is 1. The molecule has 0 saturated carbocycles. The predicted molar refractivity (Wildman–Crippen MR) is 59.4 cm³/mol. The molecule has 3 heteroatoms. The van der Waals surface area contributed by atoms with E-state index in [1.165, 1.54) is 11.1 Å². The average Bonchev–Trinajstić information content (AvgIpc) is 2.27. The van der Waals surface area contributed by atoms with Crippen LogP contribution in [0.3, 0.4) is 0 Å². The fourth-order valence-corrected chi connectivity index (χ4v) is 2.01. The molecule has 0 aromatic heterocycles. The minimum absolute atomic E-state index is 0.128. The van der Waals surface area contributed by atoms with Gasteiger partial charge in [-0.05, 0) is 17.5 Å². The van der Waals surface area contributed by atoms with Gasteiger partial charge in [-0.3, -0.25) is 4.79 Å². The van der Waals surface area contributed by atoms with E-state index in [1.54, 1.807) is 0 Å². The molecule has 1 aromatic carbocycles. The molecule has 2 rings (SSSR count). The summed E-state index contributed by atoms with van der Waals surface area (Å²) in [4.78, 5) is 13.3. The van der Waals surface area contributed by atoms with Gasteiger partial charge < -0.3 is 4.90 Å². The van der Waals surface area contributed by atoms with Gasteiger partial charge in [0.25, 0.3) is 0 Å². The molecule has 14 heavy (non-hydrogen) atoms.